The van der Waals surface area contributed by atoms with Crippen LogP contribution in [0.25, 0.3) is 0 Å². The molecule has 1 aromatic carbocycles. The van der Waals surface area contributed by atoms with Gasteiger partial charge in [0.1, 0.15) is 11.9 Å². The summed E-state index contributed by atoms with van der Waals surface area (Å²) < 4.78 is 0. The molecule has 30 heavy (non-hydrogen) atoms. The standard InChI is InChI=1S/C20H26N6O4/c1-2-3-15(19(29)30)24-17(27)12-4-6-13(7-5-12)22-9-11-8-14-16(23-10-11)25-20(21)26-18(14)28/h4-7,11,15,22H,2-3,8-10H2,1H3,(H,24,27)(H,29,30)(H4,21,23,25,26,28). The van der Waals surface area contributed by atoms with E-state index in [-0.39, 0.29) is 17.4 Å². The summed E-state index contributed by atoms with van der Waals surface area (Å²) in [6.07, 6.45) is 1.62. The van der Waals surface area contributed by atoms with E-state index in [1.807, 2.05) is 6.92 Å². The highest BCUT2D eigenvalue weighted by Crippen LogP contribution is 2.20. The summed E-state index contributed by atoms with van der Waals surface area (Å²) in [6.45, 7) is 3.15. The van der Waals surface area contributed by atoms with Gasteiger partial charge in [0.15, 0.2) is 0 Å². The molecule has 2 aromatic rings. The van der Waals surface area contributed by atoms with E-state index in [2.05, 4.69) is 25.9 Å². The highest BCUT2D eigenvalue weighted by atomic mass is 16.4. The Bertz CT molecular complexity index is 972. The smallest absolute Gasteiger partial charge is 0.326 e. The van der Waals surface area contributed by atoms with E-state index in [4.69, 9.17) is 10.8 Å². The molecule has 3 rings (SSSR count). The van der Waals surface area contributed by atoms with Gasteiger partial charge < -0.3 is 26.8 Å². The molecule has 10 nitrogen and oxygen atoms in total. The number of fused-ring (bicyclic) bond motifs is 1. The van der Waals surface area contributed by atoms with Crippen LogP contribution in [-0.4, -0.2) is 46.1 Å². The van der Waals surface area contributed by atoms with Crippen LogP contribution >= 0.6 is 0 Å². The average Bonchev–Trinajstić information content (AvgIpc) is 2.72. The predicted octanol–water partition coefficient (Wildman–Crippen LogP) is 1.03. The molecular weight excluding hydrogens is 388 g/mol. The van der Waals surface area contributed by atoms with Gasteiger partial charge in [-0.15, -0.1) is 0 Å². The molecule has 1 aliphatic heterocycles. The number of H-pyrrole nitrogens is 1. The molecule has 0 radical (unpaired) electrons. The molecule has 2 unspecified atom stereocenters. The van der Waals surface area contributed by atoms with Crippen molar-refractivity contribution in [3.8, 4) is 0 Å². The Kier molecular flexibility index (Phi) is 6.55. The van der Waals surface area contributed by atoms with Crippen LogP contribution in [-0.2, 0) is 11.2 Å². The van der Waals surface area contributed by atoms with Crippen molar-refractivity contribution in [3.63, 3.8) is 0 Å². The van der Waals surface area contributed by atoms with E-state index < -0.39 is 17.9 Å². The van der Waals surface area contributed by atoms with E-state index >= 15 is 0 Å². The first kappa shape index (κ1) is 21.2. The van der Waals surface area contributed by atoms with Gasteiger partial charge >= 0.3 is 5.97 Å². The zero-order valence-electron chi connectivity index (χ0n) is 16.7. The zero-order chi connectivity index (χ0) is 21.7. The fourth-order valence-electron chi connectivity index (χ4n) is 3.39. The zero-order valence-corrected chi connectivity index (χ0v) is 16.7. The molecule has 2 atom stereocenters. The number of hydrogen-bond acceptors (Lipinski definition) is 7. The Morgan fingerprint density at radius 2 is 2.07 bits per heavy atom. The lowest BCUT2D eigenvalue weighted by Gasteiger charge is -2.25. The van der Waals surface area contributed by atoms with Gasteiger partial charge in [0.05, 0.1) is 5.56 Å². The minimum absolute atomic E-state index is 0.0938. The topological polar surface area (TPSA) is 162 Å². The number of rotatable bonds is 8. The maximum absolute atomic E-state index is 12.3. The van der Waals surface area contributed by atoms with Crippen molar-refractivity contribution < 1.29 is 14.7 Å². The summed E-state index contributed by atoms with van der Waals surface area (Å²) in [5.74, 6) is -0.649. The van der Waals surface area contributed by atoms with Crippen LogP contribution in [0, 0.1) is 5.92 Å². The number of amides is 1. The first-order chi connectivity index (χ1) is 14.4. The molecule has 1 aliphatic rings. The van der Waals surface area contributed by atoms with Crippen LogP contribution in [0.2, 0.25) is 0 Å². The molecule has 1 amide bonds. The van der Waals surface area contributed by atoms with E-state index in [1.165, 1.54) is 0 Å². The van der Waals surface area contributed by atoms with Gasteiger partial charge in [-0.05, 0) is 43.0 Å². The summed E-state index contributed by atoms with van der Waals surface area (Å²) >= 11 is 0. The highest BCUT2D eigenvalue weighted by Gasteiger charge is 2.22. The van der Waals surface area contributed by atoms with Gasteiger partial charge in [0.2, 0.25) is 5.95 Å². The fraction of sp³-hybridized carbons (Fsp3) is 0.400. The summed E-state index contributed by atoms with van der Waals surface area (Å²) in [5, 5.41) is 18.1. The molecule has 0 aliphatic carbocycles. The van der Waals surface area contributed by atoms with E-state index in [1.54, 1.807) is 24.3 Å². The number of carbonyl (C=O) groups is 2. The van der Waals surface area contributed by atoms with E-state index in [9.17, 15) is 14.4 Å². The van der Waals surface area contributed by atoms with Crippen molar-refractivity contribution in [2.24, 2.45) is 5.92 Å². The van der Waals surface area contributed by atoms with Gasteiger partial charge in [-0.3, -0.25) is 14.6 Å². The highest BCUT2D eigenvalue weighted by molar-refractivity contribution is 5.96. The molecule has 1 aromatic heterocycles. The van der Waals surface area contributed by atoms with Crippen molar-refractivity contribution >= 4 is 29.3 Å². The summed E-state index contributed by atoms with van der Waals surface area (Å²) in [6, 6.07) is 5.94. The molecule has 10 heteroatoms. The molecule has 7 N–H and O–H groups in total. The molecule has 0 fully saturated rings. The van der Waals surface area contributed by atoms with Gasteiger partial charge in [0.25, 0.3) is 11.5 Å². The minimum Gasteiger partial charge on any atom is -0.480 e. The lowest BCUT2D eigenvalue weighted by Crippen LogP contribution is -2.40. The number of nitrogens with two attached hydrogens (primary N) is 1. The molecule has 2 heterocycles. The molecule has 0 saturated heterocycles. The number of nitrogens with zero attached hydrogens (tertiary/aromatic N) is 1. The molecule has 0 bridgehead atoms. The van der Waals surface area contributed by atoms with Crippen molar-refractivity contribution in [3.05, 3.63) is 45.7 Å². The van der Waals surface area contributed by atoms with Crippen molar-refractivity contribution in [1.82, 2.24) is 15.3 Å². The number of carboxylic acid groups (broad SMARTS) is 1. The number of carboxylic acids is 1. The van der Waals surface area contributed by atoms with Crippen LogP contribution in [0.3, 0.4) is 0 Å². The third kappa shape index (κ3) is 5.07. The first-order valence-corrected chi connectivity index (χ1v) is 9.87. The lowest BCUT2D eigenvalue weighted by molar-refractivity contribution is -0.139. The van der Waals surface area contributed by atoms with Crippen LogP contribution in [0.1, 0.15) is 35.7 Å². The Morgan fingerprint density at radius 1 is 1.33 bits per heavy atom. The number of hydrogen-bond donors (Lipinski definition) is 6. The summed E-state index contributed by atoms with van der Waals surface area (Å²) in [4.78, 5) is 42.2. The van der Waals surface area contributed by atoms with Crippen LogP contribution in [0.4, 0.5) is 17.5 Å². The third-order valence-electron chi connectivity index (χ3n) is 5.01. The quantitative estimate of drug-likeness (QED) is 0.373. The number of aliphatic carboxylic acids is 1. The monoisotopic (exact) mass is 414 g/mol. The number of carbonyl (C=O) groups excluding carboxylic acids is 1. The fourth-order valence-corrected chi connectivity index (χ4v) is 3.39. The molecular formula is C20H26N6O4. The SMILES string of the molecule is CCCC(NC(=O)c1ccc(NCC2CNc3nc(N)[nH]c(=O)c3C2)cc1)C(=O)O. The Morgan fingerprint density at radius 3 is 2.73 bits per heavy atom. The number of nitrogens with one attached hydrogen (secondary N) is 4. The van der Waals surface area contributed by atoms with Crippen molar-refractivity contribution in [2.75, 3.05) is 29.5 Å². The Labute approximate surface area is 173 Å². The van der Waals surface area contributed by atoms with Gasteiger partial charge in [0, 0.05) is 24.3 Å². The average molecular weight is 414 g/mol. The van der Waals surface area contributed by atoms with Gasteiger partial charge in [-0.25, -0.2) is 4.79 Å². The molecule has 0 spiro atoms. The normalized spacial score (nSPS) is 16.1. The molecule has 0 saturated carbocycles. The van der Waals surface area contributed by atoms with Crippen LogP contribution in [0.5, 0.6) is 0 Å². The largest absolute Gasteiger partial charge is 0.480 e. The van der Waals surface area contributed by atoms with Crippen LogP contribution < -0.4 is 27.2 Å². The first-order valence-electron chi connectivity index (χ1n) is 9.87. The van der Waals surface area contributed by atoms with Crippen molar-refractivity contribution in [1.29, 1.82) is 0 Å². The number of anilines is 3. The maximum Gasteiger partial charge on any atom is 0.326 e. The number of aromatic nitrogens is 2. The Hall–Kier alpha value is -3.56. The lowest BCUT2D eigenvalue weighted by atomic mass is 9.96. The van der Waals surface area contributed by atoms with E-state index in [0.717, 1.165) is 5.69 Å². The second kappa shape index (κ2) is 9.29. The number of nitrogen functional groups attached to an aromatic ring is 1. The van der Waals surface area contributed by atoms with Crippen LogP contribution in [0.15, 0.2) is 29.1 Å². The molecule has 160 valence electrons. The van der Waals surface area contributed by atoms with E-state index in [0.29, 0.717) is 49.3 Å². The second-order valence-electron chi connectivity index (χ2n) is 7.34. The maximum atomic E-state index is 12.3. The number of aromatic amines is 1. The second-order valence-corrected chi connectivity index (χ2v) is 7.34. The third-order valence-corrected chi connectivity index (χ3v) is 5.01. The number of benzene rings is 1. The predicted molar refractivity (Wildman–Crippen MR) is 114 cm³/mol. The minimum atomic E-state index is -1.04. The van der Waals surface area contributed by atoms with Gasteiger partial charge in [-0.1, -0.05) is 13.3 Å². The van der Waals surface area contributed by atoms with Crippen molar-refractivity contribution in [2.45, 2.75) is 32.2 Å². The van der Waals surface area contributed by atoms with Gasteiger partial charge in [-0.2, -0.15) is 4.98 Å². The summed E-state index contributed by atoms with van der Waals surface area (Å²) in [5.41, 5.74) is 7.15. The summed E-state index contributed by atoms with van der Waals surface area (Å²) in [7, 11) is 0. The Balaban J connectivity index is 1.55.